The van der Waals surface area contributed by atoms with E-state index in [0.29, 0.717) is 0 Å². The Morgan fingerprint density at radius 3 is 1.22 bits per heavy atom. The topological polar surface area (TPSA) is 4.41 Å². The van der Waals surface area contributed by atoms with Crippen molar-refractivity contribution in [3.63, 3.8) is 0 Å². The molecule has 1 nitrogen and oxygen atoms in total. The second kappa shape index (κ2) is 10.0. The van der Waals surface area contributed by atoms with Crippen LogP contribution in [-0.2, 0) is 0 Å². The Hall–Kier alpha value is -6.44. The Kier molecular flexibility index (Phi) is 5.45. The van der Waals surface area contributed by atoms with Gasteiger partial charge in [-0.25, -0.2) is 0 Å². The summed E-state index contributed by atoms with van der Waals surface area (Å²) in [4.78, 5) is 0. The van der Waals surface area contributed by atoms with Crippen LogP contribution in [0, 0.1) is 0 Å². The number of benzene rings is 9. The maximum absolute atomic E-state index is 2.44. The van der Waals surface area contributed by atoms with Crippen molar-refractivity contribution in [1.29, 1.82) is 0 Å². The molecule has 0 saturated carbocycles. The second-order valence-corrected chi connectivity index (χ2v) is 13.3. The summed E-state index contributed by atoms with van der Waals surface area (Å²) >= 11 is 0. The zero-order valence-corrected chi connectivity index (χ0v) is 26.7. The van der Waals surface area contributed by atoms with E-state index in [1.165, 1.54) is 104 Å². The summed E-state index contributed by atoms with van der Waals surface area (Å²) in [5, 5.41) is 13.1. The van der Waals surface area contributed by atoms with Gasteiger partial charge in [-0.05, 0) is 102 Å². The van der Waals surface area contributed by atoms with Crippen molar-refractivity contribution in [3.8, 4) is 33.4 Å². The zero-order valence-electron chi connectivity index (χ0n) is 26.7. The summed E-state index contributed by atoms with van der Waals surface area (Å²) < 4.78 is 2.44. The fourth-order valence-corrected chi connectivity index (χ4v) is 8.46. The lowest BCUT2D eigenvalue weighted by Gasteiger charge is -2.13. The molecule has 0 atom stereocenters. The predicted molar refractivity (Wildman–Crippen MR) is 210 cm³/mol. The number of fused-ring (bicyclic) bond motifs is 12. The van der Waals surface area contributed by atoms with E-state index in [2.05, 4.69) is 180 Å². The SMILES string of the molecule is c1cc(-c2cccc(-c3ccc4c(c3)c3cccc5c6ccccc6n4c53)c2)cc(-c2ccc3c4ccccc4c4ccccc4c3c2)c1. The minimum absolute atomic E-state index is 1.22. The van der Waals surface area contributed by atoms with Crippen LogP contribution in [0.2, 0.25) is 0 Å². The van der Waals surface area contributed by atoms with Crippen molar-refractivity contribution in [3.05, 3.63) is 176 Å². The van der Waals surface area contributed by atoms with Crippen LogP contribution in [-0.4, -0.2) is 4.40 Å². The lowest BCUT2D eigenvalue weighted by atomic mass is 9.91. The Morgan fingerprint density at radius 2 is 0.612 bits per heavy atom. The highest BCUT2D eigenvalue weighted by Gasteiger charge is 2.17. The van der Waals surface area contributed by atoms with Crippen LogP contribution in [0.3, 0.4) is 0 Å². The molecule has 0 bridgehead atoms. The molecule has 0 N–H and O–H groups in total. The summed E-state index contributed by atoms with van der Waals surface area (Å²) in [5.74, 6) is 0. The minimum Gasteiger partial charge on any atom is -0.308 e. The lowest BCUT2D eigenvalue weighted by molar-refractivity contribution is 1.37. The summed E-state index contributed by atoms with van der Waals surface area (Å²) in [5.41, 5.74) is 11.2. The number of hydrogen-bond donors (Lipinski definition) is 0. The fraction of sp³-hybridized carbons (Fsp3) is 0. The van der Waals surface area contributed by atoms with Crippen molar-refractivity contribution in [2.45, 2.75) is 0 Å². The number of nitrogens with zero attached hydrogens (tertiary/aromatic N) is 1. The van der Waals surface area contributed by atoms with Gasteiger partial charge in [-0.3, -0.25) is 0 Å². The molecule has 49 heavy (non-hydrogen) atoms. The van der Waals surface area contributed by atoms with E-state index in [0.717, 1.165) is 0 Å². The molecule has 0 radical (unpaired) electrons. The van der Waals surface area contributed by atoms with Gasteiger partial charge in [-0.2, -0.15) is 0 Å². The van der Waals surface area contributed by atoms with Gasteiger partial charge in [0.2, 0.25) is 0 Å². The first-order valence-corrected chi connectivity index (χ1v) is 17.0. The lowest BCUT2D eigenvalue weighted by Crippen LogP contribution is -1.86. The number of rotatable bonds is 3. The largest absolute Gasteiger partial charge is 0.308 e. The molecule has 1 heteroatoms. The van der Waals surface area contributed by atoms with Gasteiger partial charge in [-0.15, -0.1) is 0 Å². The molecule has 11 rings (SSSR count). The quantitative estimate of drug-likeness (QED) is 0.173. The van der Waals surface area contributed by atoms with Crippen molar-refractivity contribution < 1.29 is 0 Å². The molecule has 0 fully saturated rings. The first-order valence-electron chi connectivity index (χ1n) is 17.0. The van der Waals surface area contributed by atoms with Crippen LogP contribution in [0.25, 0.3) is 104 Å². The molecule has 0 amide bonds. The number of para-hydroxylation sites is 2. The highest BCUT2D eigenvalue weighted by atomic mass is 14.9. The first-order chi connectivity index (χ1) is 24.3. The molecule has 0 aliphatic rings. The van der Waals surface area contributed by atoms with Gasteiger partial charge in [0.1, 0.15) is 0 Å². The van der Waals surface area contributed by atoms with E-state index < -0.39 is 0 Å². The van der Waals surface area contributed by atoms with Crippen LogP contribution < -0.4 is 0 Å². The zero-order chi connectivity index (χ0) is 32.1. The molecule has 9 aromatic carbocycles. The molecule has 226 valence electrons. The maximum atomic E-state index is 2.44. The van der Waals surface area contributed by atoms with Crippen LogP contribution in [0.5, 0.6) is 0 Å². The van der Waals surface area contributed by atoms with Crippen LogP contribution in [0.1, 0.15) is 0 Å². The molecule has 11 aromatic rings. The van der Waals surface area contributed by atoms with Gasteiger partial charge < -0.3 is 4.40 Å². The third-order valence-electron chi connectivity index (χ3n) is 10.7. The highest BCUT2D eigenvalue weighted by Crippen LogP contribution is 2.41. The van der Waals surface area contributed by atoms with E-state index in [-0.39, 0.29) is 0 Å². The molecular formula is C48H29N. The molecule has 2 heterocycles. The van der Waals surface area contributed by atoms with Crippen LogP contribution in [0.4, 0.5) is 0 Å². The van der Waals surface area contributed by atoms with Crippen molar-refractivity contribution in [1.82, 2.24) is 4.40 Å². The van der Waals surface area contributed by atoms with Gasteiger partial charge in [0.15, 0.2) is 0 Å². The average Bonchev–Trinajstić information content (AvgIpc) is 3.70. The summed E-state index contributed by atoms with van der Waals surface area (Å²) in [7, 11) is 0. The number of hydrogen-bond acceptors (Lipinski definition) is 0. The van der Waals surface area contributed by atoms with Gasteiger partial charge >= 0.3 is 0 Å². The van der Waals surface area contributed by atoms with Crippen LogP contribution >= 0.6 is 0 Å². The van der Waals surface area contributed by atoms with Gasteiger partial charge in [0.25, 0.3) is 0 Å². The average molecular weight is 620 g/mol. The van der Waals surface area contributed by atoms with E-state index in [1.807, 2.05) is 0 Å². The van der Waals surface area contributed by atoms with Crippen LogP contribution in [0.15, 0.2) is 176 Å². The molecule has 0 aliphatic carbocycles. The molecular weight excluding hydrogens is 591 g/mol. The Labute approximate surface area is 283 Å². The maximum Gasteiger partial charge on any atom is 0.0620 e. The molecule has 2 aromatic heterocycles. The van der Waals surface area contributed by atoms with Crippen molar-refractivity contribution >= 4 is 70.4 Å². The predicted octanol–water partition coefficient (Wildman–Crippen LogP) is 13.3. The Balaban J connectivity index is 1.02. The van der Waals surface area contributed by atoms with E-state index in [4.69, 9.17) is 0 Å². The van der Waals surface area contributed by atoms with E-state index in [1.54, 1.807) is 0 Å². The third kappa shape index (κ3) is 3.82. The highest BCUT2D eigenvalue weighted by molar-refractivity contribution is 6.26. The standard InChI is InChI=1S/C48H29N/c1-2-16-38-36(14-1)37-15-3-4-17-39(37)44-28-34(22-24-40(38)44)32-12-7-10-30(26-32)31-11-8-13-33(27-31)35-23-25-47-45(29-35)43-20-9-19-42-41-18-5-6-21-46(41)49(47)48(42)43/h1-29H. The summed E-state index contributed by atoms with van der Waals surface area (Å²) in [6.07, 6.45) is 0. The molecule has 0 spiro atoms. The van der Waals surface area contributed by atoms with Crippen molar-refractivity contribution in [2.75, 3.05) is 0 Å². The Morgan fingerprint density at radius 1 is 0.224 bits per heavy atom. The summed E-state index contributed by atoms with van der Waals surface area (Å²) in [6, 6.07) is 65.0. The van der Waals surface area contributed by atoms with Gasteiger partial charge in [-0.1, -0.05) is 140 Å². The number of aromatic nitrogens is 1. The first kappa shape index (κ1) is 26.6. The minimum atomic E-state index is 1.22. The normalized spacial score (nSPS) is 12.1. The van der Waals surface area contributed by atoms with Crippen molar-refractivity contribution in [2.24, 2.45) is 0 Å². The van der Waals surface area contributed by atoms with Gasteiger partial charge in [0, 0.05) is 21.5 Å². The molecule has 0 saturated heterocycles. The van der Waals surface area contributed by atoms with E-state index in [9.17, 15) is 0 Å². The fourth-order valence-electron chi connectivity index (χ4n) is 8.46. The monoisotopic (exact) mass is 619 g/mol. The third-order valence-corrected chi connectivity index (χ3v) is 10.7. The summed E-state index contributed by atoms with van der Waals surface area (Å²) in [6.45, 7) is 0. The molecule has 0 unspecified atom stereocenters. The molecule has 0 aliphatic heterocycles. The second-order valence-electron chi connectivity index (χ2n) is 13.3. The van der Waals surface area contributed by atoms with E-state index >= 15 is 0 Å². The van der Waals surface area contributed by atoms with Gasteiger partial charge in [0.05, 0.1) is 16.6 Å². The smallest absolute Gasteiger partial charge is 0.0620 e. The Bertz CT molecular complexity index is 3070.